The lowest BCUT2D eigenvalue weighted by Crippen LogP contribution is -2.44. The Labute approximate surface area is 99.1 Å². The lowest BCUT2D eigenvalue weighted by molar-refractivity contribution is -0.149. The van der Waals surface area contributed by atoms with Crippen LogP contribution >= 0.6 is 0 Å². The van der Waals surface area contributed by atoms with Gasteiger partial charge in [0.05, 0.1) is 20.1 Å². The van der Waals surface area contributed by atoms with Gasteiger partial charge in [-0.2, -0.15) is 0 Å². The van der Waals surface area contributed by atoms with E-state index in [1.165, 1.54) is 14.2 Å². The first-order valence-electron chi connectivity index (χ1n) is 5.02. The molecule has 1 amide bonds. The number of ether oxygens (including phenoxy) is 2. The predicted octanol–water partition coefficient (Wildman–Crippen LogP) is -1.16. The first kappa shape index (κ1) is 15.4. The molecule has 7 heteroatoms. The molecule has 2 N–H and O–H groups in total. The molecule has 0 aromatic heterocycles. The number of esters is 2. The van der Waals surface area contributed by atoms with Gasteiger partial charge in [0.2, 0.25) is 5.91 Å². The first-order chi connectivity index (χ1) is 7.96. The number of nitrogens with one attached hydrogen (secondary N) is 1. The second-order valence-electron chi connectivity index (χ2n) is 3.46. The van der Waals surface area contributed by atoms with Crippen molar-refractivity contribution < 1.29 is 29.0 Å². The molecular weight excluding hydrogens is 230 g/mol. The van der Waals surface area contributed by atoms with Gasteiger partial charge >= 0.3 is 11.9 Å². The fourth-order valence-electron chi connectivity index (χ4n) is 1.25. The van der Waals surface area contributed by atoms with Crippen LogP contribution in [0, 0.1) is 5.92 Å². The minimum absolute atomic E-state index is 0.0467. The highest BCUT2D eigenvalue weighted by molar-refractivity contribution is 5.85. The van der Waals surface area contributed by atoms with Crippen molar-refractivity contribution in [2.45, 2.75) is 19.4 Å². The Morgan fingerprint density at radius 2 is 1.71 bits per heavy atom. The van der Waals surface area contributed by atoms with Crippen molar-refractivity contribution in [3.63, 3.8) is 0 Å². The predicted molar refractivity (Wildman–Crippen MR) is 56.8 cm³/mol. The van der Waals surface area contributed by atoms with Gasteiger partial charge in [0.1, 0.15) is 12.6 Å². The van der Waals surface area contributed by atoms with Gasteiger partial charge in [0.15, 0.2) is 0 Å². The number of hydrogen-bond donors (Lipinski definition) is 2. The van der Waals surface area contributed by atoms with Crippen molar-refractivity contribution >= 4 is 17.8 Å². The van der Waals surface area contributed by atoms with Crippen LogP contribution in [0.3, 0.4) is 0 Å². The number of aliphatic hydroxyl groups is 1. The number of carbonyl (C=O) groups is 3. The monoisotopic (exact) mass is 247 g/mol. The van der Waals surface area contributed by atoms with Crippen LogP contribution in [-0.4, -0.2) is 49.8 Å². The lowest BCUT2D eigenvalue weighted by atomic mass is 10.0. The Morgan fingerprint density at radius 1 is 1.18 bits per heavy atom. The van der Waals surface area contributed by atoms with Gasteiger partial charge in [-0.25, -0.2) is 4.79 Å². The Morgan fingerprint density at radius 3 is 2.12 bits per heavy atom. The van der Waals surface area contributed by atoms with Crippen LogP contribution in [0.1, 0.15) is 13.3 Å². The third-order valence-electron chi connectivity index (χ3n) is 2.16. The summed E-state index contributed by atoms with van der Waals surface area (Å²) >= 11 is 0. The molecule has 0 saturated heterocycles. The van der Waals surface area contributed by atoms with E-state index in [1.807, 2.05) is 0 Å². The van der Waals surface area contributed by atoms with E-state index in [2.05, 4.69) is 14.8 Å². The van der Waals surface area contributed by atoms with E-state index in [1.54, 1.807) is 6.92 Å². The number of rotatable bonds is 6. The fraction of sp³-hybridized carbons (Fsp3) is 0.700. The zero-order valence-corrected chi connectivity index (χ0v) is 10.1. The molecule has 0 rings (SSSR count). The molecular formula is C10H17NO6. The van der Waals surface area contributed by atoms with E-state index in [-0.39, 0.29) is 6.42 Å². The van der Waals surface area contributed by atoms with E-state index in [0.717, 1.165) is 0 Å². The third kappa shape index (κ3) is 5.30. The summed E-state index contributed by atoms with van der Waals surface area (Å²) in [4.78, 5) is 33.5. The molecule has 0 heterocycles. The fourth-order valence-corrected chi connectivity index (χ4v) is 1.25. The standard InChI is InChI=1S/C10H17NO6/c1-6(9(14)16-2)4-7(10(15)17-3)11-8(13)5-12/h6-7,12H,4-5H2,1-3H3,(H,11,13)/t6-,7-/m1/s1. The molecule has 0 radical (unpaired) electrons. The minimum Gasteiger partial charge on any atom is -0.469 e. The van der Waals surface area contributed by atoms with E-state index < -0.39 is 36.4 Å². The lowest BCUT2D eigenvalue weighted by Gasteiger charge is -2.18. The first-order valence-corrected chi connectivity index (χ1v) is 5.02. The van der Waals surface area contributed by atoms with Gasteiger partial charge in [-0.05, 0) is 6.42 Å². The Hall–Kier alpha value is -1.63. The van der Waals surface area contributed by atoms with Crippen molar-refractivity contribution in [2.75, 3.05) is 20.8 Å². The number of hydrogen-bond acceptors (Lipinski definition) is 6. The second-order valence-corrected chi connectivity index (χ2v) is 3.46. The van der Waals surface area contributed by atoms with Gasteiger partial charge in [0.25, 0.3) is 0 Å². The molecule has 0 bridgehead atoms. The van der Waals surface area contributed by atoms with E-state index in [0.29, 0.717) is 0 Å². The minimum atomic E-state index is -0.978. The molecule has 0 spiro atoms. The molecule has 98 valence electrons. The Kier molecular flexibility index (Phi) is 6.88. The highest BCUT2D eigenvalue weighted by Gasteiger charge is 2.26. The van der Waals surface area contributed by atoms with Crippen molar-refractivity contribution in [1.29, 1.82) is 0 Å². The molecule has 0 aliphatic carbocycles. The molecule has 0 aliphatic rings. The molecule has 0 unspecified atom stereocenters. The maximum atomic E-state index is 11.3. The average molecular weight is 247 g/mol. The van der Waals surface area contributed by atoms with E-state index in [4.69, 9.17) is 5.11 Å². The molecule has 7 nitrogen and oxygen atoms in total. The normalized spacial score (nSPS) is 13.4. The van der Waals surface area contributed by atoms with E-state index in [9.17, 15) is 14.4 Å². The molecule has 0 aliphatic heterocycles. The van der Waals surface area contributed by atoms with Crippen LogP contribution in [-0.2, 0) is 23.9 Å². The highest BCUT2D eigenvalue weighted by atomic mass is 16.5. The quantitative estimate of drug-likeness (QED) is 0.574. The molecule has 2 atom stereocenters. The summed E-state index contributed by atoms with van der Waals surface area (Å²) < 4.78 is 8.99. The summed E-state index contributed by atoms with van der Waals surface area (Å²) in [5.74, 6) is -2.44. The van der Waals surface area contributed by atoms with Gasteiger partial charge in [-0.3, -0.25) is 9.59 Å². The van der Waals surface area contributed by atoms with Crippen molar-refractivity contribution in [1.82, 2.24) is 5.32 Å². The Balaban J connectivity index is 4.54. The van der Waals surface area contributed by atoms with Crippen LogP contribution in [0.5, 0.6) is 0 Å². The summed E-state index contributed by atoms with van der Waals surface area (Å²) in [6.45, 7) is 0.826. The zero-order chi connectivity index (χ0) is 13.4. The highest BCUT2D eigenvalue weighted by Crippen LogP contribution is 2.09. The van der Waals surface area contributed by atoms with Crippen LogP contribution in [0.2, 0.25) is 0 Å². The number of amides is 1. The van der Waals surface area contributed by atoms with Crippen molar-refractivity contribution in [2.24, 2.45) is 5.92 Å². The molecule has 0 saturated carbocycles. The largest absolute Gasteiger partial charge is 0.469 e. The number of methoxy groups -OCH3 is 2. The van der Waals surface area contributed by atoms with Crippen molar-refractivity contribution in [3.05, 3.63) is 0 Å². The SMILES string of the molecule is COC(=O)[C@H](C)C[C@@H](NC(=O)CO)C(=O)OC. The van der Waals surface area contributed by atoms with Gasteiger partial charge in [0, 0.05) is 0 Å². The van der Waals surface area contributed by atoms with Gasteiger partial charge < -0.3 is 19.9 Å². The summed E-state index contributed by atoms with van der Waals surface area (Å²) in [6.07, 6.45) is 0.0467. The maximum absolute atomic E-state index is 11.3. The molecule has 0 fully saturated rings. The Bertz CT molecular complexity index is 291. The summed E-state index contributed by atoms with van der Waals surface area (Å²) in [5.41, 5.74) is 0. The average Bonchev–Trinajstić information content (AvgIpc) is 2.35. The van der Waals surface area contributed by atoms with Gasteiger partial charge in [-0.1, -0.05) is 6.92 Å². The van der Waals surface area contributed by atoms with Crippen LogP contribution in [0.4, 0.5) is 0 Å². The smallest absolute Gasteiger partial charge is 0.328 e. The second kappa shape index (κ2) is 7.61. The number of aliphatic hydroxyl groups excluding tert-OH is 1. The maximum Gasteiger partial charge on any atom is 0.328 e. The topological polar surface area (TPSA) is 102 Å². The summed E-state index contributed by atoms with van der Waals surface area (Å²) in [5, 5.41) is 10.8. The van der Waals surface area contributed by atoms with Gasteiger partial charge in [-0.15, -0.1) is 0 Å². The summed E-state index contributed by atoms with van der Waals surface area (Å²) in [7, 11) is 2.40. The van der Waals surface area contributed by atoms with Crippen molar-refractivity contribution in [3.8, 4) is 0 Å². The molecule has 0 aromatic carbocycles. The molecule has 17 heavy (non-hydrogen) atoms. The zero-order valence-electron chi connectivity index (χ0n) is 10.1. The summed E-state index contributed by atoms with van der Waals surface area (Å²) in [6, 6.07) is -0.978. The third-order valence-corrected chi connectivity index (χ3v) is 2.16. The van der Waals surface area contributed by atoms with Crippen LogP contribution < -0.4 is 5.32 Å². The van der Waals surface area contributed by atoms with Crippen LogP contribution in [0.15, 0.2) is 0 Å². The molecule has 0 aromatic rings. The van der Waals surface area contributed by atoms with E-state index >= 15 is 0 Å². The number of carbonyl (C=O) groups excluding carboxylic acids is 3. The van der Waals surface area contributed by atoms with Crippen LogP contribution in [0.25, 0.3) is 0 Å².